The van der Waals surface area contributed by atoms with E-state index < -0.39 is 0 Å². The molecule has 0 saturated heterocycles. The molecule has 1 fully saturated rings. The van der Waals surface area contributed by atoms with Crippen molar-refractivity contribution in [3.8, 4) is 0 Å². The SMILES string of the molecule is CCNC(Cc1nn(C)c2ccccc12)CC1CCC1. The number of aromatic nitrogens is 2. The van der Waals surface area contributed by atoms with Gasteiger partial charge in [0.2, 0.25) is 0 Å². The predicted octanol–water partition coefficient (Wildman–Crippen LogP) is 3.28. The quantitative estimate of drug-likeness (QED) is 0.873. The molecule has 3 nitrogen and oxygen atoms in total. The van der Waals surface area contributed by atoms with Gasteiger partial charge in [-0.2, -0.15) is 5.10 Å². The molecule has 0 radical (unpaired) electrons. The number of benzene rings is 1. The van der Waals surface area contributed by atoms with E-state index in [2.05, 4.69) is 36.5 Å². The Bertz CT molecular complexity index is 569. The molecule has 1 heterocycles. The number of hydrogen-bond donors (Lipinski definition) is 1. The molecule has 0 spiro atoms. The minimum Gasteiger partial charge on any atom is -0.314 e. The average molecular weight is 271 g/mol. The number of nitrogens with one attached hydrogen (secondary N) is 1. The van der Waals surface area contributed by atoms with E-state index >= 15 is 0 Å². The van der Waals surface area contributed by atoms with Gasteiger partial charge in [0.1, 0.15) is 0 Å². The summed E-state index contributed by atoms with van der Waals surface area (Å²) >= 11 is 0. The predicted molar refractivity (Wildman–Crippen MR) is 83.8 cm³/mol. The van der Waals surface area contributed by atoms with Gasteiger partial charge in [-0.05, 0) is 24.9 Å². The molecule has 1 N–H and O–H groups in total. The summed E-state index contributed by atoms with van der Waals surface area (Å²) in [5, 5.41) is 9.71. The van der Waals surface area contributed by atoms with Gasteiger partial charge in [-0.15, -0.1) is 0 Å². The first kappa shape index (κ1) is 13.6. The maximum atomic E-state index is 4.74. The summed E-state index contributed by atoms with van der Waals surface area (Å²) in [6, 6.07) is 9.12. The van der Waals surface area contributed by atoms with Crippen LogP contribution < -0.4 is 5.32 Å². The fourth-order valence-electron chi connectivity index (χ4n) is 3.33. The van der Waals surface area contributed by atoms with Crippen LogP contribution in [0.4, 0.5) is 0 Å². The Morgan fingerprint density at radius 2 is 2.15 bits per heavy atom. The average Bonchev–Trinajstić information content (AvgIpc) is 2.72. The molecule has 1 aromatic heterocycles. The van der Waals surface area contributed by atoms with Gasteiger partial charge >= 0.3 is 0 Å². The van der Waals surface area contributed by atoms with Crippen LogP contribution in [0.2, 0.25) is 0 Å². The van der Waals surface area contributed by atoms with Crippen LogP contribution in [0.5, 0.6) is 0 Å². The zero-order valence-corrected chi connectivity index (χ0v) is 12.6. The highest BCUT2D eigenvalue weighted by molar-refractivity contribution is 5.81. The first-order valence-corrected chi connectivity index (χ1v) is 7.92. The molecule has 3 heteroatoms. The molecule has 0 amide bonds. The summed E-state index contributed by atoms with van der Waals surface area (Å²) in [5.41, 5.74) is 2.48. The van der Waals surface area contributed by atoms with Crippen LogP contribution in [0.3, 0.4) is 0 Å². The van der Waals surface area contributed by atoms with Gasteiger partial charge in [0.05, 0.1) is 11.2 Å². The maximum absolute atomic E-state index is 4.74. The Morgan fingerprint density at radius 1 is 1.35 bits per heavy atom. The van der Waals surface area contributed by atoms with Crippen LogP contribution in [0, 0.1) is 5.92 Å². The van der Waals surface area contributed by atoms with Gasteiger partial charge in [0, 0.05) is 24.9 Å². The summed E-state index contributed by atoms with van der Waals surface area (Å²) in [5.74, 6) is 0.939. The largest absolute Gasteiger partial charge is 0.314 e. The number of rotatable bonds is 6. The van der Waals surface area contributed by atoms with Crippen LogP contribution in [-0.2, 0) is 13.5 Å². The minimum absolute atomic E-state index is 0.573. The van der Waals surface area contributed by atoms with Crippen molar-refractivity contribution in [3.05, 3.63) is 30.0 Å². The van der Waals surface area contributed by atoms with Crippen molar-refractivity contribution in [2.24, 2.45) is 13.0 Å². The standard InChI is InChI=1S/C17H25N3/c1-3-18-14(11-13-7-6-8-13)12-16-15-9-4-5-10-17(15)20(2)19-16/h4-5,9-10,13-14,18H,3,6-8,11-12H2,1-2H3. The molecular formula is C17H25N3. The second kappa shape index (κ2) is 5.96. The fourth-order valence-corrected chi connectivity index (χ4v) is 3.33. The van der Waals surface area contributed by atoms with Crippen molar-refractivity contribution >= 4 is 10.9 Å². The first-order valence-electron chi connectivity index (χ1n) is 7.92. The molecule has 1 unspecified atom stereocenters. The van der Waals surface area contributed by atoms with Crippen molar-refractivity contribution < 1.29 is 0 Å². The third-order valence-corrected chi connectivity index (χ3v) is 4.61. The lowest BCUT2D eigenvalue weighted by Crippen LogP contribution is -2.34. The zero-order valence-electron chi connectivity index (χ0n) is 12.6. The van der Waals surface area contributed by atoms with Crippen LogP contribution in [0.25, 0.3) is 10.9 Å². The molecule has 108 valence electrons. The number of fused-ring (bicyclic) bond motifs is 1. The maximum Gasteiger partial charge on any atom is 0.0718 e. The molecule has 3 rings (SSSR count). The molecule has 1 aliphatic carbocycles. The van der Waals surface area contributed by atoms with Gasteiger partial charge < -0.3 is 5.32 Å². The van der Waals surface area contributed by atoms with Gasteiger partial charge in [-0.1, -0.05) is 44.4 Å². The topological polar surface area (TPSA) is 29.9 Å². The van der Waals surface area contributed by atoms with Crippen LogP contribution in [0.1, 0.15) is 38.3 Å². The lowest BCUT2D eigenvalue weighted by molar-refractivity contribution is 0.259. The highest BCUT2D eigenvalue weighted by Gasteiger charge is 2.23. The van der Waals surface area contributed by atoms with E-state index in [1.165, 1.54) is 42.3 Å². The van der Waals surface area contributed by atoms with E-state index in [-0.39, 0.29) is 0 Å². The summed E-state index contributed by atoms with van der Waals surface area (Å²) in [7, 11) is 2.04. The number of para-hydroxylation sites is 1. The first-order chi connectivity index (χ1) is 9.78. The Labute approximate surface area is 121 Å². The number of likely N-dealkylation sites (N-methyl/N-ethyl adjacent to an activating group) is 1. The summed E-state index contributed by atoms with van der Waals surface area (Å²) in [6.45, 7) is 3.24. The molecule has 20 heavy (non-hydrogen) atoms. The Kier molecular flexibility index (Phi) is 4.06. The van der Waals surface area contributed by atoms with Gasteiger partial charge in [-0.3, -0.25) is 4.68 Å². The second-order valence-corrected chi connectivity index (χ2v) is 6.08. The highest BCUT2D eigenvalue weighted by atomic mass is 15.3. The highest BCUT2D eigenvalue weighted by Crippen LogP contribution is 2.31. The van der Waals surface area contributed by atoms with E-state index in [9.17, 15) is 0 Å². The Hall–Kier alpha value is -1.35. The molecule has 1 saturated carbocycles. The molecule has 1 atom stereocenters. The van der Waals surface area contributed by atoms with Crippen molar-refractivity contribution in [2.75, 3.05) is 6.54 Å². The molecule has 1 aromatic carbocycles. The van der Waals surface area contributed by atoms with E-state index in [0.29, 0.717) is 6.04 Å². The minimum atomic E-state index is 0.573. The third-order valence-electron chi connectivity index (χ3n) is 4.61. The van der Waals surface area contributed by atoms with E-state index in [1.54, 1.807) is 0 Å². The normalized spacial score (nSPS) is 17.3. The number of hydrogen-bond acceptors (Lipinski definition) is 2. The monoisotopic (exact) mass is 271 g/mol. The summed E-state index contributed by atoms with van der Waals surface area (Å²) in [4.78, 5) is 0. The van der Waals surface area contributed by atoms with E-state index in [4.69, 9.17) is 5.10 Å². The van der Waals surface area contributed by atoms with Crippen LogP contribution in [-0.4, -0.2) is 22.4 Å². The number of aryl methyl sites for hydroxylation is 1. The lowest BCUT2D eigenvalue weighted by Gasteiger charge is -2.29. The summed E-state index contributed by atoms with van der Waals surface area (Å²) < 4.78 is 2.01. The van der Waals surface area contributed by atoms with Crippen LogP contribution >= 0.6 is 0 Å². The van der Waals surface area contributed by atoms with Crippen molar-refractivity contribution in [1.29, 1.82) is 0 Å². The molecule has 0 aliphatic heterocycles. The van der Waals surface area contributed by atoms with E-state index in [1.807, 2.05) is 11.7 Å². The molecule has 0 bridgehead atoms. The third kappa shape index (κ3) is 2.73. The molecular weight excluding hydrogens is 246 g/mol. The molecule has 1 aliphatic rings. The lowest BCUT2D eigenvalue weighted by atomic mass is 9.80. The number of nitrogens with zero attached hydrogens (tertiary/aromatic N) is 2. The van der Waals surface area contributed by atoms with Gasteiger partial charge in [0.15, 0.2) is 0 Å². The van der Waals surface area contributed by atoms with Crippen LogP contribution in [0.15, 0.2) is 24.3 Å². The Balaban J connectivity index is 1.78. The van der Waals surface area contributed by atoms with Crippen molar-refractivity contribution in [3.63, 3.8) is 0 Å². The fraction of sp³-hybridized carbons (Fsp3) is 0.588. The smallest absolute Gasteiger partial charge is 0.0718 e. The zero-order chi connectivity index (χ0) is 13.9. The molecule has 2 aromatic rings. The van der Waals surface area contributed by atoms with Crippen molar-refractivity contribution in [1.82, 2.24) is 15.1 Å². The van der Waals surface area contributed by atoms with E-state index in [0.717, 1.165) is 18.9 Å². The second-order valence-electron chi connectivity index (χ2n) is 6.08. The summed E-state index contributed by atoms with van der Waals surface area (Å²) in [6.07, 6.45) is 6.62. The van der Waals surface area contributed by atoms with Gasteiger partial charge in [-0.25, -0.2) is 0 Å². The van der Waals surface area contributed by atoms with Crippen molar-refractivity contribution in [2.45, 2.75) is 45.1 Å². The Morgan fingerprint density at radius 3 is 2.85 bits per heavy atom. The van der Waals surface area contributed by atoms with Gasteiger partial charge in [0.25, 0.3) is 0 Å².